The minimum absolute atomic E-state index is 0. The molecule has 0 aliphatic carbocycles. The summed E-state index contributed by atoms with van der Waals surface area (Å²) in [5.74, 6) is 1.50. The molecule has 0 radical (unpaired) electrons. The van der Waals surface area contributed by atoms with Crippen LogP contribution in [-0.4, -0.2) is 58.3 Å². The SMILES string of the molecule is CN=C(NCc1ccc(F)c(COC)c1)N1CCN(c2ccccc2OC)CC1.I. The Balaban J connectivity index is 0.00000320. The van der Waals surface area contributed by atoms with E-state index >= 15 is 0 Å². The number of anilines is 1. The number of methoxy groups -OCH3 is 2. The van der Waals surface area contributed by atoms with Crippen molar-refractivity contribution in [1.82, 2.24) is 10.2 Å². The van der Waals surface area contributed by atoms with Crippen molar-refractivity contribution in [3.8, 4) is 5.75 Å². The molecule has 2 aromatic rings. The van der Waals surface area contributed by atoms with Gasteiger partial charge in [-0.2, -0.15) is 0 Å². The summed E-state index contributed by atoms with van der Waals surface area (Å²) in [5, 5.41) is 3.39. The van der Waals surface area contributed by atoms with Crippen molar-refractivity contribution in [1.29, 1.82) is 0 Å². The summed E-state index contributed by atoms with van der Waals surface area (Å²) in [7, 11) is 5.06. The molecular formula is C22H30FIN4O2. The zero-order valence-electron chi connectivity index (χ0n) is 17.7. The van der Waals surface area contributed by atoms with Gasteiger partial charge in [-0.3, -0.25) is 4.99 Å². The van der Waals surface area contributed by atoms with E-state index in [1.807, 2.05) is 24.3 Å². The second kappa shape index (κ2) is 11.9. The maximum atomic E-state index is 13.8. The number of benzene rings is 2. The van der Waals surface area contributed by atoms with Gasteiger partial charge in [-0.25, -0.2) is 4.39 Å². The lowest BCUT2D eigenvalue weighted by Crippen LogP contribution is -2.52. The molecule has 0 unspecified atom stereocenters. The molecule has 0 atom stereocenters. The molecule has 1 fully saturated rings. The van der Waals surface area contributed by atoms with Crippen molar-refractivity contribution in [3.63, 3.8) is 0 Å². The van der Waals surface area contributed by atoms with Crippen LogP contribution in [0.5, 0.6) is 5.75 Å². The number of hydrogen-bond acceptors (Lipinski definition) is 4. The highest BCUT2D eigenvalue weighted by atomic mass is 127. The number of halogens is 2. The Bertz CT molecular complexity index is 842. The van der Waals surface area contributed by atoms with Gasteiger partial charge in [0.15, 0.2) is 5.96 Å². The Hall–Kier alpha value is -2.07. The van der Waals surface area contributed by atoms with Crippen molar-refractivity contribution < 1.29 is 13.9 Å². The standard InChI is InChI=1S/C22H29FN4O2.HI/c1-24-22(25-15-17-8-9-19(23)18(14-17)16-28-2)27-12-10-26(11-13-27)20-6-4-5-7-21(20)29-3;/h4-9,14H,10-13,15-16H2,1-3H3,(H,24,25);1H. The molecule has 1 N–H and O–H groups in total. The highest BCUT2D eigenvalue weighted by molar-refractivity contribution is 14.0. The van der Waals surface area contributed by atoms with E-state index in [0.29, 0.717) is 12.1 Å². The van der Waals surface area contributed by atoms with Crippen LogP contribution >= 0.6 is 24.0 Å². The molecule has 2 aromatic carbocycles. The van der Waals surface area contributed by atoms with Gasteiger partial charge in [0.2, 0.25) is 0 Å². The van der Waals surface area contributed by atoms with Crippen molar-refractivity contribution in [2.45, 2.75) is 13.2 Å². The second-order valence-corrected chi connectivity index (χ2v) is 6.91. The van der Waals surface area contributed by atoms with Gasteiger partial charge in [0, 0.05) is 52.4 Å². The molecule has 0 spiro atoms. The Kier molecular flexibility index (Phi) is 9.64. The first-order valence-electron chi connectivity index (χ1n) is 9.76. The van der Waals surface area contributed by atoms with Crippen molar-refractivity contribution >= 4 is 35.6 Å². The van der Waals surface area contributed by atoms with Crippen molar-refractivity contribution in [2.24, 2.45) is 4.99 Å². The van der Waals surface area contributed by atoms with Gasteiger partial charge in [0.05, 0.1) is 19.4 Å². The van der Waals surface area contributed by atoms with Crippen LogP contribution in [0.3, 0.4) is 0 Å². The molecule has 0 aromatic heterocycles. The number of ether oxygens (including phenoxy) is 2. The van der Waals surface area contributed by atoms with E-state index in [0.717, 1.165) is 49.1 Å². The van der Waals surface area contributed by atoms with E-state index in [1.54, 1.807) is 27.3 Å². The van der Waals surface area contributed by atoms with Crippen molar-refractivity contribution in [3.05, 3.63) is 59.4 Å². The van der Waals surface area contributed by atoms with Crippen LogP contribution in [-0.2, 0) is 17.9 Å². The molecule has 0 bridgehead atoms. The number of hydrogen-bond donors (Lipinski definition) is 1. The van der Waals surface area contributed by atoms with Gasteiger partial charge in [-0.15, -0.1) is 24.0 Å². The average molecular weight is 528 g/mol. The van der Waals surface area contributed by atoms with Gasteiger partial charge in [0.25, 0.3) is 0 Å². The molecule has 3 rings (SSSR count). The Morgan fingerprint density at radius 1 is 1.10 bits per heavy atom. The summed E-state index contributed by atoms with van der Waals surface area (Å²) < 4.78 is 24.3. The van der Waals surface area contributed by atoms with E-state index in [-0.39, 0.29) is 36.4 Å². The quantitative estimate of drug-likeness (QED) is 0.354. The number of guanidine groups is 1. The Morgan fingerprint density at radius 3 is 2.50 bits per heavy atom. The predicted molar refractivity (Wildman–Crippen MR) is 130 cm³/mol. The van der Waals surface area contributed by atoms with Crippen LogP contribution in [0.15, 0.2) is 47.5 Å². The number of nitrogens with zero attached hydrogens (tertiary/aromatic N) is 3. The van der Waals surface area contributed by atoms with Gasteiger partial charge < -0.3 is 24.6 Å². The summed E-state index contributed by atoms with van der Waals surface area (Å²) >= 11 is 0. The molecular weight excluding hydrogens is 498 g/mol. The van der Waals surface area contributed by atoms with Crippen LogP contribution in [0.25, 0.3) is 0 Å². The molecule has 6 nitrogen and oxygen atoms in total. The smallest absolute Gasteiger partial charge is 0.194 e. The van der Waals surface area contributed by atoms with E-state index in [4.69, 9.17) is 9.47 Å². The first-order valence-corrected chi connectivity index (χ1v) is 9.76. The molecule has 8 heteroatoms. The molecule has 1 saturated heterocycles. The number of nitrogens with one attached hydrogen (secondary N) is 1. The van der Waals surface area contributed by atoms with Gasteiger partial charge in [-0.1, -0.05) is 18.2 Å². The van der Waals surface area contributed by atoms with Crippen LogP contribution < -0.4 is 15.0 Å². The fourth-order valence-electron chi connectivity index (χ4n) is 3.57. The van der Waals surface area contributed by atoms with E-state index in [1.165, 1.54) is 6.07 Å². The fraction of sp³-hybridized carbons (Fsp3) is 0.409. The summed E-state index contributed by atoms with van der Waals surface area (Å²) in [6.45, 7) is 4.33. The monoisotopic (exact) mass is 528 g/mol. The number of aliphatic imine (C=N–C) groups is 1. The summed E-state index contributed by atoms with van der Waals surface area (Å²) in [4.78, 5) is 9.00. The summed E-state index contributed by atoms with van der Waals surface area (Å²) in [6.07, 6.45) is 0. The third-order valence-corrected chi connectivity index (χ3v) is 5.08. The lowest BCUT2D eigenvalue weighted by atomic mass is 10.1. The van der Waals surface area contributed by atoms with Crippen LogP contribution in [0.4, 0.5) is 10.1 Å². The average Bonchev–Trinajstić information content (AvgIpc) is 2.77. The van der Waals surface area contributed by atoms with Crippen molar-refractivity contribution in [2.75, 3.05) is 52.3 Å². The van der Waals surface area contributed by atoms with Crippen LogP contribution in [0.1, 0.15) is 11.1 Å². The van der Waals surface area contributed by atoms with E-state index < -0.39 is 0 Å². The highest BCUT2D eigenvalue weighted by Gasteiger charge is 2.21. The third kappa shape index (κ3) is 5.98. The topological polar surface area (TPSA) is 49.3 Å². The molecule has 1 aliphatic heterocycles. The molecule has 1 aliphatic rings. The van der Waals surface area contributed by atoms with E-state index in [9.17, 15) is 4.39 Å². The Labute approximate surface area is 195 Å². The zero-order valence-corrected chi connectivity index (χ0v) is 20.1. The zero-order chi connectivity index (χ0) is 20.6. The largest absolute Gasteiger partial charge is 0.495 e. The molecule has 0 amide bonds. The van der Waals surface area contributed by atoms with Gasteiger partial charge >= 0.3 is 0 Å². The number of rotatable bonds is 6. The summed E-state index contributed by atoms with van der Waals surface area (Å²) in [6, 6.07) is 13.2. The van der Waals surface area contributed by atoms with Gasteiger partial charge in [-0.05, 0) is 29.8 Å². The molecule has 1 heterocycles. The fourth-order valence-corrected chi connectivity index (χ4v) is 3.57. The van der Waals surface area contributed by atoms with Gasteiger partial charge in [0.1, 0.15) is 11.6 Å². The number of piperazine rings is 1. The third-order valence-electron chi connectivity index (χ3n) is 5.08. The maximum absolute atomic E-state index is 13.8. The second-order valence-electron chi connectivity index (χ2n) is 6.91. The van der Waals surface area contributed by atoms with E-state index in [2.05, 4.69) is 26.2 Å². The Morgan fingerprint density at radius 2 is 1.83 bits per heavy atom. The normalized spacial score (nSPS) is 14.3. The van der Waals surface area contributed by atoms with Crippen LogP contribution in [0, 0.1) is 5.82 Å². The summed E-state index contributed by atoms with van der Waals surface area (Å²) in [5.41, 5.74) is 2.68. The lowest BCUT2D eigenvalue weighted by molar-refractivity contribution is 0.181. The maximum Gasteiger partial charge on any atom is 0.194 e. The lowest BCUT2D eigenvalue weighted by Gasteiger charge is -2.38. The molecule has 0 saturated carbocycles. The molecule has 164 valence electrons. The van der Waals surface area contributed by atoms with Crippen LogP contribution in [0.2, 0.25) is 0 Å². The minimum atomic E-state index is -0.243. The first kappa shape index (κ1) is 24.2. The number of para-hydroxylation sites is 2. The predicted octanol–water partition coefficient (Wildman–Crippen LogP) is 3.50. The molecule has 30 heavy (non-hydrogen) atoms. The highest BCUT2D eigenvalue weighted by Crippen LogP contribution is 2.28. The minimum Gasteiger partial charge on any atom is -0.495 e. The first-order chi connectivity index (χ1) is 14.2.